The fourth-order valence-electron chi connectivity index (χ4n) is 2.87. The molecule has 120 valence electrons. The van der Waals surface area contributed by atoms with Crippen LogP contribution in [-0.4, -0.2) is 40.9 Å². The average molecular weight is 298 g/mol. The SMILES string of the molecule is CC(C)(C)OC(=O)NC1CC1NC1CCCC(C(=O)O)C1. The van der Waals surface area contributed by atoms with Gasteiger partial charge in [0.15, 0.2) is 0 Å². The van der Waals surface area contributed by atoms with E-state index in [0.29, 0.717) is 6.42 Å². The highest BCUT2D eigenvalue weighted by Crippen LogP contribution is 2.29. The van der Waals surface area contributed by atoms with Crippen LogP contribution in [0.4, 0.5) is 4.79 Å². The number of hydrogen-bond acceptors (Lipinski definition) is 4. The zero-order valence-corrected chi connectivity index (χ0v) is 13.0. The van der Waals surface area contributed by atoms with Crippen LogP contribution in [0.3, 0.4) is 0 Å². The molecular weight excluding hydrogens is 272 g/mol. The number of nitrogens with one attached hydrogen (secondary N) is 2. The molecule has 6 heteroatoms. The zero-order valence-electron chi connectivity index (χ0n) is 13.0. The van der Waals surface area contributed by atoms with Crippen LogP contribution < -0.4 is 10.6 Å². The Hall–Kier alpha value is -1.30. The molecule has 4 unspecified atom stereocenters. The molecule has 0 aromatic heterocycles. The van der Waals surface area contributed by atoms with Crippen molar-refractivity contribution in [1.29, 1.82) is 0 Å². The first-order valence-corrected chi connectivity index (χ1v) is 7.73. The lowest BCUT2D eigenvalue weighted by atomic mass is 9.86. The molecule has 2 fully saturated rings. The lowest BCUT2D eigenvalue weighted by Gasteiger charge is -2.27. The van der Waals surface area contributed by atoms with Crippen molar-refractivity contribution < 1.29 is 19.4 Å². The van der Waals surface area contributed by atoms with Gasteiger partial charge in [-0.15, -0.1) is 0 Å². The van der Waals surface area contributed by atoms with Gasteiger partial charge in [0.05, 0.1) is 5.92 Å². The lowest BCUT2D eigenvalue weighted by molar-refractivity contribution is -0.143. The fourth-order valence-corrected chi connectivity index (χ4v) is 2.87. The highest BCUT2D eigenvalue weighted by Gasteiger charge is 2.41. The molecule has 0 heterocycles. The van der Waals surface area contributed by atoms with Gasteiger partial charge in [-0.25, -0.2) is 4.79 Å². The molecule has 0 aliphatic heterocycles. The number of ether oxygens (including phenoxy) is 1. The van der Waals surface area contributed by atoms with E-state index >= 15 is 0 Å². The minimum atomic E-state index is -0.694. The van der Waals surface area contributed by atoms with Gasteiger partial charge in [0, 0.05) is 18.1 Å². The molecule has 0 spiro atoms. The van der Waals surface area contributed by atoms with Crippen LogP contribution in [-0.2, 0) is 9.53 Å². The maximum Gasteiger partial charge on any atom is 0.407 e. The van der Waals surface area contributed by atoms with Crippen LogP contribution in [0.2, 0.25) is 0 Å². The largest absolute Gasteiger partial charge is 0.481 e. The molecule has 0 saturated heterocycles. The molecule has 2 aliphatic carbocycles. The highest BCUT2D eigenvalue weighted by atomic mass is 16.6. The maximum atomic E-state index is 11.6. The van der Waals surface area contributed by atoms with E-state index in [1.54, 1.807) is 0 Å². The molecule has 2 saturated carbocycles. The Morgan fingerprint density at radius 3 is 2.48 bits per heavy atom. The summed E-state index contributed by atoms with van der Waals surface area (Å²) in [6, 6.07) is 0.593. The van der Waals surface area contributed by atoms with Gasteiger partial charge in [-0.3, -0.25) is 4.79 Å². The second-order valence-corrected chi connectivity index (χ2v) is 7.16. The third kappa shape index (κ3) is 5.19. The van der Waals surface area contributed by atoms with Gasteiger partial charge in [-0.1, -0.05) is 6.42 Å². The van der Waals surface area contributed by atoms with E-state index < -0.39 is 11.6 Å². The van der Waals surface area contributed by atoms with Gasteiger partial charge in [0.25, 0.3) is 0 Å². The van der Waals surface area contributed by atoms with Crippen LogP contribution in [0.15, 0.2) is 0 Å². The standard InChI is InChI=1S/C15H26N2O4/c1-15(2,3)21-14(20)17-12-8-11(12)16-10-6-4-5-9(7-10)13(18)19/h9-12,16H,4-8H2,1-3H3,(H,17,20)(H,18,19). The number of carbonyl (C=O) groups is 2. The van der Waals surface area contributed by atoms with Gasteiger partial charge in [-0.2, -0.15) is 0 Å². The van der Waals surface area contributed by atoms with Crippen molar-refractivity contribution in [3.05, 3.63) is 0 Å². The Balaban J connectivity index is 1.69. The summed E-state index contributed by atoms with van der Waals surface area (Å²) in [5, 5.41) is 15.4. The van der Waals surface area contributed by atoms with Crippen molar-refractivity contribution in [2.45, 2.75) is 76.6 Å². The zero-order chi connectivity index (χ0) is 15.6. The molecule has 0 bridgehead atoms. The molecule has 2 rings (SSSR count). The van der Waals surface area contributed by atoms with Gasteiger partial charge in [-0.05, 0) is 46.5 Å². The number of alkyl carbamates (subject to hydrolysis) is 1. The van der Waals surface area contributed by atoms with Crippen molar-refractivity contribution in [1.82, 2.24) is 10.6 Å². The first-order chi connectivity index (χ1) is 9.74. The third-order valence-electron chi connectivity index (χ3n) is 3.97. The van der Waals surface area contributed by atoms with E-state index in [2.05, 4.69) is 10.6 Å². The number of aliphatic carboxylic acids is 1. The van der Waals surface area contributed by atoms with Crippen LogP contribution in [0.1, 0.15) is 52.9 Å². The molecule has 3 N–H and O–H groups in total. The topological polar surface area (TPSA) is 87.7 Å². The number of carboxylic acids is 1. The summed E-state index contributed by atoms with van der Waals surface area (Å²) >= 11 is 0. The van der Waals surface area contributed by atoms with Crippen LogP contribution in [0.25, 0.3) is 0 Å². The molecule has 2 aliphatic rings. The van der Waals surface area contributed by atoms with E-state index in [0.717, 1.165) is 25.7 Å². The molecule has 4 atom stereocenters. The van der Waals surface area contributed by atoms with Gasteiger partial charge < -0.3 is 20.5 Å². The molecule has 6 nitrogen and oxygen atoms in total. The summed E-state index contributed by atoms with van der Waals surface area (Å²) in [4.78, 5) is 22.7. The number of carboxylic acid groups (broad SMARTS) is 1. The number of amides is 1. The number of carbonyl (C=O) groups excluding carboxylic acids is 1. The van der Waals surface area contributed by atoms with E-state index in [-0.39, 0.29) is 30.1 Å². The summed E-state index contributed by atoms with van der Waals surface area (Å²) in [6.07, 6.45) is 3.92. The van der Waals surface area contributed by atoms with E-state index in [4.69, 9.17) is 9.84 Å². The Kier molecular flexibility index (Phi) is 4.76. The van der Waals surface area contributed by atoms with Crippen LogP contribution >= 0.6 is 0 Å². The third-order valence-corrected chi connectivity index (χ3v) is 3.97. The normalized spacial score (nSPS) is 32.3. The smallest absolute Gasteiger partial charge is 0.407 e. The molecular formula is C15H26N2O4. The van der Waals surface area contributed by atoms with Gasteiger partial charge in [0.1, 0.15) is 5.60 Å². The maximum absolute atomic E-state index is 11.6. The Morgan fingerprint density at radius 1 is 1.14 bits per heavy atom. The van der Waals surface area contributed by atoms with Crippen molar-refractivity contribution in [3.8, 4) is 0 Å². The first-order valence-electron chi connectivity index (χ1n) is 7.73. The Bertz CT molecular complexity index is 405. The second kappa shape index (κ2) is 6.22. The molecule has 0 aromatic rings. The number of hydrogen-bond donors (Lipinski definition) is 3. The van der Waals surface area contributed by atoms with E-state index in [1.807, 2.05) is 20.8 Å². The minimum absolute atomic E-state index is 0.102. The Labute approximate surface area is 125 Å². The summed E-state index contributed by atoms with van der Waals surface area (Å²) in [6.45, 7) is 5.51. The monoisotopic (exact) mass is 298 g/mol. The summed E-state index contributed by atoms with van der Waals surface area (Å²) in [7, 11) is 0. The number of rotatable bonds is 4. The van der Waals surface area contributed by atoms with Crippen LogP contribution in [0.5, 0.6) is 0 Å². The van der Waals surface area contributed by atoms with E-state index in [1.165, 1.54) is 0 Å². The van der Waals surface area contributed by atoms with Crippen molar-refractivity contribution >= 4 is 12.1 Å². The van der Waals surface area contributed by atoms with Crippen LogP contribution in [0, 0.1) is 5.92 Å². The minimum Gasteiger partial charge on any atom is -0.481 e. The second-order valence-electron chi connectivity index (χ2n) is 7.16. The highest BCUT2D eigenvalue weighted by molar-refractivity contribution is 5.70. The lowest BCUT2D eigenvalue weighted by Crippen LogP contribution is -2.41. The summed E-state index contributed by atoms with van der Waals surface area (Å²) < 4.78 is 5.22. The van der Waals surface area contributed by atoms with Crippen molar-refractivity contribution in [2.75, 3.05) is 0 Å². The molecule has 0 radical (unpaired) electrons. The Morgan fingerprint density at radius 2 is 1.86 bits per heavy atom. The molecule has 21 heavy (non-hydrogen) atoms. The molecule has 1 amide bonds. The first kappa shape index (κ1) is 16.1. The van der Waals surface area contributed by atoms with Crippen molar-refractivity contribution in [3.63, 3.8) is 0 Å². The predicted molar refractivity (Wildman–Crippen MR) is 78.1 cm³/mol. The molecule has 0 aromatic carbocycles. The summed E-state index contributed by atoms with van der Waals surface area (Å²) in [5.74, 6) is -0.923. The van der Waals surface area contributed by atoms with Gasteiger partial charge in [0.2, 0.25) is 0 Å². The quantitative estimate of drug-likeness (QED) is 0.737. The fraction of sp³-hybridized carbons (Fsp3) is 0.867. The van der Waals surface area contributed by atoms with Gasteiger partial charge >= 0.3 is 12.1 Å². The van der Waals surface area contributed by atoms with Crippen molar-refractivity contribution in [2.24, 2.45) is 5.92 Å². The summed E-state index contributed by atoms with van der Waals surface area (Å²) in [5.41, 5.74) is -0.486. The van der Waals surface area contributed by atoms with E-state index in [9.17, 15) is 9.59 Å². The average Bonchev–Trinajstić information content (AvgIpc) is 3.04. The predicted octanol–water partition coefficient (Wildman–Crippen LogP) is 1.88.